The SMILES string of the molecule is O=C(O)Cc1cnncn1. The smallest absolute Gasteiger partial charge is 0.309 e. The number of carbonyl (C=O) groups is 1. The lowest BCUT2D eigenvalue weighted by Crippen LogP contribution is -2.02. The number of carboxylic acid groups (broad SMARTS) is 1. The first-order valence-corrected chi connectivity index (χ1v) is 2.62. The predicted octanol–water partition coefficient (Wildman–Crippen LogP) is -0.501. The second-order valence-corrected chi connectivity index (χ2v) is 1.67. The topological polar surface area (TPSA) is 76.0 Å². The lowest BCUT2D eigenvalue weighted by Gasteiger charge is -1.90. The fraction of sp³-hybridized carbons (Fsp3) is 0.200. The molecule has 1 N–H and O–H groups in total. The fourth-order valence-electron chi connectivity index (χ4n) is 0.509. The van der Waals surface area contributed by atoms with Gasteiger partial charge in [-0.3, -0.25) is 4.79 Å². The van der Waals surface area contributed by atoms with Crippen molar-refractivity contribution >= 4 is 5.97 Å². The van der Waals surface area contributed by atoms with Gasteiger partial charge in [0, 0.05) is 0 Å². The number of rotatable bonds is 2. The van der Waals surface area contributed by atoms with Crippen LogP contribution < -0.4 is 0 Å². The molecule has 0 atom stereocenters. The van der Waals surface area contributed by atoms with E-state index in [2.05, 4.69) is 15.2 Å². The summed E-state index contributed by atoms with van der Waals surface area (Å²) >= 11 is 0. The third kappa shape index (κ3) is 1.77. The zero-order chi connectivity index (χ0) is 7.40. The van der Waals surface area contributed by atoms with Crippen molar-refractivity contribution in [1.29, 1.82) is 0 Å². The average Bonchev–Trinajstić information content (AvgIpc) is 1.88. The summed E-state index contributed by atoms with van der Waals surface area (Å²) in [6.07, 6.45) is 2.45. The number of hydrogen-bond acceptors (Lipinski definition) is 4. The number of carboxylic acids is 1. The summed E-state index contributed by atoms with van der Waals surface area (Å²) in [5.74, 6) is -0.916. The van der Waals surface area contributed by atoms with Gasteiger partial charge in [0.2, 0.25) is 0 Å². The first-order valence-electron chi connectivity index (χ1n) is 2.62. The molecular formula is C5H5N3O2. The van der Waals surface area contributed by atoms with E-state index in [0.717, 1.165) is 0 Å². The van der Waals surface area contributed by atoms with E-state index in [4.69, 9.17) is 5.11 Å². The van der Waals surface area contributed by atoms with Gasteiger partial charge in [0.15, 0.2) is 0 Å². The first-order chi connectivity index (χ1) is 4.79. The van der Waals surface area contributed by atoms with Gasteiger partial charge >= 0.3 is 5.97 Å². The van der Waals surface area contributed by atoms with Crippen molar-refractivity contribution in [2.75, 3.05) is 0 Å². The highest BCUT2D eigenvalue weighted by Gasteiger charge is 1.99. The van der Waals surface area contributed by atoms with Crippen LogP contribution >= 0.6 is 0 Å². The molecule has 1 rings (SSSR count). The van der Waals surface area contributed by atoms with Crippen molar-refractivity contribution in [2.45, 2.75) is 6.42 Å². The molecule has 0 aromatic carbocycles. The van der Waals surface area contributed by atoms with Crippen LogP contribution in [0.15, 0.2) is 12.5 Å². The van der Waals surface area contributed by atoms with Crippen LogP contribution in [0.3, 0.4) is 0 Å². The maximum atomic E-state index is 10.1. The summed E-state index contributed by atoms with van der Waals surface area (Å²) in [5, 5.41) is 15.1. The van der Waals surface area contributed by atoms with Crippen molar-refractivity contribution in [2.24, 2.45) is 0 Å². The largest absolute Gasteiger partial charge is 0.481 e. The summed E-state index contributed by atoms with van der Waals surface area (Å²) in [6.45, 7) is 0. The molecule has 0 amide bonds. The highest BCUT2D eigenvalue weighted by atomic mass is 16.4. The average molecular weight is 139 g/mol. The maximum absolute atomic E-state index is 10.1. The predicted molar refractivity (Wildman–Crippen MR) is 31.2 cm³/mol. The summed E-state index contributed by atoms with van der Waals surface area (Å²) in [7, 11) is 0. The van der Waals surface area contributed by atoms with Crippen LogP contribution in [-0.2, 0) is 11.2 Å². The molecule has 0 bridgehead atoms. The van der Waals surface area contributed by atoms with E-state index in [1.165, 1.54) is 12.5 Å². The van der Waals surface area contributed by atoms with E-state index in [9.17, 15) is 4.79 Å². The van der Waals surface area contributed by atoms with Gasteiger partial charge in [-0.1, -0.05) is 0 Å². The van der Waals surface area contributed by atoms with Gasteiger partial charge in [0.1, 0.15) is 6.33 Å². The summed E-state index contributed by atoms with van der Waals surface area (Å²) in [4.78, 5) is 13.7. The minimum absolute atomic E-state index is 0.102. The molecule has 0 aliphatic rings. The Bertz CT molecular complexity index is 224. The Morgan fingerprint density at radius 2 is 2.40 bits per heavy atom. The second-order valence-electron chi connectivity index (χ2n) is 1.67. The summed E-state index contributed by atoms with van der Waals surface area (Å²) in [5.41, 5.74) is 0.419. The molecule has 0 radical (unpaired) electrons. The quantitative estimate of drug-likeness (QED) is 0.597. The Morgan fingerprint density at radius 3 is 2.90 bits per heavy atom. The van der Waals surface area contributed by atoms with Crippen LogP contribution in [0.2, 0.25) is 0 Å². The van der Waals surface area contributed by atoms with Crippen LogP contribution in [0, 0.1) is 0 Å². The molecular weight excluding hydrogens is 134 g/mol. The van der Waals surface area contributed by atoms with Gasteiger partial charge in [-0.25, -0.2) is 4.98 Å². The van der Waals surface area contributed by atoms with Crippen LogP contribution in [0.5, 0.6) is 0 Å². The van der Waals surface area contributed by atoms with Crippen LogP contribution in [0.25, 0.3) is 0 Å². The number of aliphatic carboxylic acids is 1. The monoisotopic (exact) mass is 139 g/mol. The Balaban J connectivity index is 2.67. The van der Waals surface area contributed by atoms with Crippen molar-refractivity contribution < 1.29 is 9.90 Å². The van der Waals surface area contributed by atoms with E-state index < -0.39 is 5.97 Å². The number of aromatic nitrogens is 3. The molecule has 0 saturated carbocycles. The third-order valence-electron chi connectivity index (χ3n) is 0.881. The number of hydrogen-bond donors (Lipinski definition) is 1. The second kappa shape index (κ2) is 2.86. The Labute approximate surface area is 56.7 Å². The lowest BCUT2D eigenvalue weighted by molar-refractivity contribution is -0.136. The molecule has 10 heavy (non-hydrogen) atoms. The molecule has 1 aromatic heterocycles. The molecule has 5 nitrogen and oxygen atoms in total. The molecule has 0 unspecified atom stereocenters. The Hall–Kier alpha value is -1.52. The van der Waals surface area contributed by atoms with E-state index in [0.29, 0.717) is 5.69 Å². The van der Waals surface area contributed by atoms with Crippen molar-refractivity contribution in [3.8, 4) is 0 Å². The highest BCUT2D eigenvalue weighted by Crippen LogP contribution is 1.88. The maximum Gasteiger partial charge on any atom is 0.309 e. The van der Waals surface area contributed by atoms with Gasteiger partial charge in [0.05, 0.1) is 18.3 Å². The van der Waals surface area contributed by atoms with E-state index >= 15 is 0 Å². The van der Waals surface area contributed by atoms with Gasteiger partial charge in [-0.15, -0.1) is 5.10 Å². The fourth-order valence-corrected chi connectivity index (χ4v) is 0.509. The minimum Gasteiger partial charge on any atom is -0.481 e. The molecule has 0 aliphatic carbocycles. The molecule has 0 saturated heterocycles. The first kappa shape index (κ1) is 6.60. The van der Waals surface area contributed by atoms with Crippen LogP contribution in [0.1, 0.15) is 5.69 Å². The molecule has 0 fully saturated rings. The van der Waals surface area contributed by atoms with Crippen molar-refractivity contribution in [3.63, 3.8) is 0 Å². The zero-order valence-corrected chi connectivity index (χ0v) is 5.06. The summed E-state index contributed by atoms with van der Waals surface area (Å²) in [6, 6.07) is 0. The third-order valence-corrected chi connectivity index (χ3v) is 0.881. The van der Waals surface area contributed by atoms with E-state index in [-0.39, 0.29) is 6.42 Å². The highest BCUT2D eigenvalue weighted by molar-refractivity contribution is 5.69. The Kier molecular flexibility index (Phi) is 1.89. The van der Waals surface area contributed by atoms with Crippen LogP contribution in [0.4, 0.5) is 0 Å². The van der Waals surface area contributed by atoms with Crippen molar-refractivity contribution in [1.82, 2.24) is 15.2 Å². The zero-order valence-electron chi connectivity index (χ0n) is 5.06. The normalized spacial score (nSPS) is 9.20. The number of nitrogens with zero attached hydrogens (tertiary/aromatic N) is 3. The van der Waals surface area contributed by atoms with E-state index in [1.807, 2.05) is 0 Å². The minimum atomic E-state index is -0.916. The molecule has 52 valence electrons. The van der Waals surface area contributed by atoms with Crippen LogP contribution in [-0.4, -0.2) is 26.3 Å². The van der Waals surface area contributed by atoms with E-state index in [1.54, 1.807) is 0 Å². The standard InChI is InChI=1S/C5H5N3O2/c9-5(10)1-4-2-7-8-3-6-4/h2-3H,1H2,(H,9,10). The lowest BCUT2D eigenvalue weighted by atomic mass is 10.3. The van der Waals surface area contributed by atoms with Gasteiger partial charge < -0.3 is 5.11 Å². The molecule has 0 aliphatic heterocycles. The van der Waals surface area contributed by atoms with Crippen molar-refractivity contribution in [3.05, 3.63) is 18.2 Å². The molecule has 5 heteroatoms. The molecule has 0 spiro atoms. The van der Waals surface area contributed by atoms with Gasteiger partial charge in [-0.2, -0.15) is 5.10 Å². The summed E-state index contributed by atoms with van der Waals surface area (Å²) < 4.78 is 0. The molecule has 1 heterocycles. The molecule has 1 aromatic rings. The Morgan fingerprint density at radius 1 is 1.60 bits per heavy atom. The van der Waals surface area contributed by atoms with Gasteiger partial charge in [-0.05, 0) is 0 Å². The van der Waals surface area contributed by atoms with Gasteiger partial charge in [0.25, 0.3) is 0 Å².